The van der Waals surface area contributed by atoms with Crippen molar-refractivity contribution in [1.82, 2.24) is 40.7 Å². The van der Waals surface area contributed by atoms with E-state index in [0.29, 0.717) is 35.1 Å². The number of pyridine rings is 1. The van der Waals surface area contributed by atoms with Crippen LogP contribution in [0.2, 0.25) is 0 Å². The fourth-order valence-corrected chi connectivity index (χ4v) is 6.06. The number of aromatic nitrogens is 5. The third-order valence-electron chi connectivity index (χ3n) is 8.87. The van der Waals surface area contributed by atoms with Crippen LogP contribution in [0.5, 0.6) is 11.5 Å². The van der Waals surface area contributed by atoms with E-state index in [1.807, 2.05) is 0 Å². The zero-order valence-electron chi connectivity index (χ0n) is 37.1. The van der Waals surface area contributed by atoms with Gasteiger partial charge in [-0.25, -0.2) is 33.3 Å². The molecule has 348 valence electrons. The number of nitrogens with one attached hydrogen (secondary N) is 4. The lowest BCUT2D eigenvalue weighted by Gasteiger charge is -2.23. The molecule has 0 aliphatic rings. The fourth-order valence-electron chi connectivity index (χ4n) is 6.06. The maximum atomic E-state index is 15.5. The van der Waals surface area contributed by atoms with Crippen LogP contribution in [0.1, 0.15) is 66.4 Å². The van der Waals surface area contributed by atoms with Crippen LogP contribution in [0.3, 0.4) is 0 Å². The van der Waals surface area contributed by atoms with E-state index < -0.39 is 65.4 Å². The lowest BCUT2D eigenvalue weighted by atomic mass is 10.1. The molecule has 0 saturated carbocycles. The van der Waals surface area contributed by atoms with Gasteiger partial charge in [-0.05, 0) is 72.9 Å². The molecule has 0 aliphatic heterocycles. The van der Waals surface area contributed by atoms with Gasteiger partial charge in [-0.15, -0.1) is 0 Å². The molecule has 0 unspecified atom stereocenters. The van der Waals surface area contributed by atoms with Crippen LogP contribution in [-0.4, -0.2) is 99.5 Å². The van der Waals surface area contributed by atoms with Gasteiger partial charge in [0, 0.05) is 47.6 Å². The van der Waals surface area contributed by atoms with Gasteiger partial charge in [0.25, 0.3) is 0 Å². The maximum Gasteiger partial charge on any atom is 0.408 e. The Bertz CT molecular complexity index is 2450. The molecule has 5 aromatic rings. The van der Waals surface area contributed by atoms with E-state index in [1.165, 1.54) is 30.3 Å². The number of amides is 3. The van der Waals surface area contributed by atoms with E-state index in [2.05, 4.69) is 41.3 Å². The van der Waals surface area contributed by atoms with E-state index >= 15 is 8.78 Å². The van der Waals surface area contributed by atoms with Crippen molar-refractivity contribution in [3.8, 4) is 23.0 Å². The Morgan fingerprint density at radius 3 is 2.25 bits per heavy atom. The zero-order valence-corrected chi connectivity index (χ0v) is 37.1. The van der Waals surface area contributed by atoms with Gasteiger partial charge in [0.1, 0.15) is 60.1 Å². The molecule has 0 spiro atoms. The molecule has 5 rings (SSSR count). The van der Waals surface area contributed by atoms with Crippen molar-refractivity contribution in [2.75, 3.05) is 38.7 Å². The first-order valence-corrected chi connectivity index (χ1v) is 20.5. The number of para-hydroxylation sites is 1. The molecule has 0 fully saturated rings. The molecule has 65 heavy (non-hydrogen) atoms. The molecular weight excluding hydrogens is 856 g/mol. The summed E-state index contributed by atoms with van der Waals surface area (Å²) in [5.74, 6) is -3.60. The van der Waals surface area contributed by atoms with E-state index in [0.717, 1.165) is 12.1 Å². The molecule has 1 atom stereocenters. The molecule has 4 N–H and O–H groups in total. The van der Waals surface area contributed by atoms with Gasteiger partial charge in [-0.3, -0.25) is 14.3 Å². The van der Waals surface area contributed by atoms with E-state index in [4.69, 9.17) is 23.7 Å². The van der Waals surface area contributed by atoms with Gasteiger partial charge < -0.3 is 45.0 Å². The first-order chi connectivity index (χ1) is 30.8. The lowest BCUT2D eigenvalue weighted by Crippen LogP contribution is -2.49. The summed E-state index contributed by atoms with van der Waals surface area (Å²) < 4.78 is 72.7. The van der Waals surface area contributed by atoms with Crippen LogP contribution < -0.4 is 30.7 Å². The highest BCUT2D eigenvalue weighted by Crippen LogP contribution is 2.32. The first kappa shape index (κ1) is 48.8. The number of benzene rings is 2. The Hall–Kier alpha value is -7.19. The number of methoxy groups -OCH3 is 1. The van der Waals surface area contributed by atoms with E-state index in [1.54, 1.807) is 71.9 Å². The third-order valence-corrected chi connectivity index (χ3v) is 8.87. The molecule has 0 bridgehead atoms. The molecule has 2 aromatic carbocycles. The summed E-state index contributed by atoms with van der Waals surface area (Å²) in [4.78, 5) is 62.4. The standard InChI is InChI=1S/C44H52F3N9O9/c1-43(2,3)64-41(59)49-16-11-10-13-32(53-42(60)65-44(4,5)6)40(58)51-24-36(57)63-19-18-62-27-21-30(45)29(31(46)22-27)25-56-33-14-9-8-12-28(33)37(55-56)39-50-23-34(61-7)38(54-39)52-26-15-17-48-35(47)20-26/h8-9,12,14-15,17,20-23,32H,10-11,13,16,18-19,24-25H2,1-7H3,(H,49,59)(H,51,58)(H,53,60)(H,48,50,52,54)/t32-/m1/s1. The molecule has 21 heteroatoms. The molecule has 18 nitrogen and oxygen atoms in total. The quantitative estimate of drug-likeness (QED) is 0.0292. The summed E-state index contributed by atoms with van der Waals surface area (Å²) >= 11 is 0. The van der Waals surface area contributed by atoms with Crippen LogP contribution in [0.4, 0.5) is 34.3 Å². The fraction of sp³-hybridized carbons (Fsp3) is 0.409. The number of fused-ring (bicyclic) bond motifs is 1. The van der Waals surface area contributed by atoms with Gasteiger partial charge in [-0.2, -0.15) is 9.49 Å². The minimum Gasteiger partial charge on any atom is -0.491 e. The second kappa shape index (κ2) is 21.9. The second-order valence-electron chi connectivity index (χ2n) is 16.4. The van der Waals surface area contributed by atoms with Crippen LogP contribution in [-0.2, 0) is 30.3 Å². The monoisotopic (exact) mass is 907 g/mol. The number of alkyl carbamates (subject to hydrolysis) is 2. The van der Waals surface area contributed by atoms with Crippen molar-refractivity contribution in [3.05, 3.63) is 84.1 Å². The lowest BCUT2D eigenvalue weighted by molar-refractivity contribution is -0.144. The Morgan fingerprint density at radius 2 is 1.55 bits per heavy atom. The number of anilines is 2. The van der Waals surface area contributed by atoms with Gasteiger partial charge in [-0.1, -0.05) is 18.2 Å². The molecule has 0 saturated heterocycles. The van der Waals surface area contributed by atoms with Crippen molar-refractivity contribution >= 4 is 46.5 Å². The number of ether oxygens (including phenoxy) is 5. The minimum atomic E-state index is -1.07. The molecule has 0 aliphatic carbocycles. The third kappa shape index (κ3) is 15.0. The van der Waals surface area contributed by atoms with Crippen molar-refractivity contribution in [2.24, 2.45) is 0 Å². The van der Waals surface area contributed by atoms with Crippen LogP contribution in [0.15, 0.2) is 60.9 Å². The van der Waals surface area contributed by atoms with Gasteiger partial charge >= 0.3 is 18.2 Å². The average Bonchev–Trinajstić information content (AvgIpc) is 3.59. The van der Waals surface area contributed by atoms with E-state index in [9.17, 15) is 23.6 Å². The van der Waals surface area contributed by atoms with Gasteiger partial charge in [0.05, 0.1) is 25.4 Å². The number of unbranched alkanes of at least 4 members (excludes halogenated alkanes) is 1. The maximum absolute atomic E-state index is 15.5. The SMILES string of the molecule is COc1cnc(-c2nn(Cc3c(F)cc(OCCOC(=O)CNC(=O)[C@@H](CCCCNC(=O)OC(C)(C)C)NC(=O)OC(C)(C)C)cc3F)c3ccccc23)nc1Nc1ccnc(F)c1. The largest absolute Gasteiger partial charge is 0.491 e. The van der Waals surface area contributed by atoms with Crippen LogP contribution in [0.25, 0.3) is 22.4 Å². The molecule has 3 amide bonds. The Morgan fingerprint density at radius 1 is 0.846 bits per heavy atom. The Kier molecular flexibility index (Phi) is 16.5. The first-order valence-electron chi connectivity index (χ1n) is 20.5. The predicted molar refractivity (Wildman–Crippen MR) is 231 cm³/mol. The second-order valence-corrected chi connectivity index (χ2v) is 16.4. The number of rotatable bonds is 19. The molecular formula is C44H52F3N9O9. The summed E-state index contributed by atoms with van der Waals surface area (Å²) in [6.45, 7) is 9.01. The number of hydrogen-bond acceptors (Lipinski definition) is 14. The summed E-state index contributed by atoms with van der Waals surface area (Å²) in [6, 6.07) is 10.6. The molecule has 3 aromatic heterocycles. The highest BCUT2D eigenvalue weighted by molar-refractivity contribution is 5.92. The highest BCUT2D eigenvalue weighted by atomic mass is 19.1. The van der Waals surface area contributed by atoms with Crippen molar-refractivity contribution in [3.63, 3.8) is 0 Å². The normalized spacial score (nSPS) is 11.9. The summed E-state index contributed by atoms with van der Waals surface area (Å²) in [6.07, 6.45) is 2.32. The van der Waals surface area contributed by atoms with E-state index in [-0.39, 0.29) is 61.4 Å². The average molecular weight is 908 g/mol. The highest BCUT2D eigenvalue weighted by Gasteiger charge is 2.25. The van der Waals surface area contributed by atoms with Crippen molar-refractivity contribution in [2.45, 2.75) is 84.6 Å². The smallest absolute Gasteiger partial charge is 0.408 e. The van der Waals surface area contributed by atoms with Crippen LogP contribution in [0, 0.1) is 17.6 Å². The van der Waals surface area contributed by atoms with Crippen molar-refractivity contribution in [1.29, 1.82) is 0 Å². The number of halogens is 3. The number of hydrogen-bond donors (Lipinski definition) is 4. The van der Waals surface area contributed by atoms with Crippen LogP contribution >= 0.6 is 0 Å². The minimum absolute atomic E-state index is 0.156. The Labute approximate surface area is 372 Å². The topological polar surface area (TPSA) is 219 Å². The summed E-state index contributed by atoms with van der Waals surface area (Å²) in [5, 5.41) is 15.8. The van der Waals surface area contributed by atoms with Crippen molar-refractivity contribution < 1.29 is 56.0 Å². The zero-order chi connectivity index (χ0) is 47.3. The molecule has 3 heterocycles. The number of carbonyl (C=O) groups excluding carboxylic acids is 4. The summed E-state index contributed by atoms with van der Waals surface area (Å²) in [7, 11) is 1.42. The summed E-state index contributed by atoms with van der Waals surface area (Å²) in [5.41, 5.74) is -0.609. The predicted octanol–water partition coefficient (Wildman–Crippen LogP) is 6.73. The van der Waals surface area contributed by atoms with Gasteiger partial charge in [0.15, 0.2) is 17.4 Å². The Balaban J connectivity index is 1.14. The number of nitrogens with zero attached hydrogens (tertiary/aromatic N) is 5. The number of esters is 1. The number of carbonyl (C=O) groups is 4. The molecule has 0 radical (unpaired) electrons. The van der Waals surface area contributed by atoms with Gasteiger partial charge in [0.2, 0.25) is 11.9 Å².